The van der Waals surface area contributed by atoms with E-state index in [0.717, 1.165) is 11.3 Å². The Hall–Kier alpha value is -3.12. The third-order valence-electron chi connectivity index (χ3n) is 4.43. The van der Waals surface area contributed by atoms with Crippen LogP contribution in [-0.2, 0) is 7.05 Å². The monoisotopic (exact) mass is 380 g/mol. The number of rotatable bonds is 3. The van der Waals surface area contributed by atoms with Gasteiger partial charge < -0.3 is 9.73 Å². The van der Waals surface area contributed by atoms with Crippen LogP contribution in [0.25, 0.3) is 22.5 Å². The Morgan fingerprint density at radius 2 is 2.04 bits per heavy atom. The van der Waals surface area contributed by atoms with E-state index in [1.807, 2.05) is 19.9 Å². The van der Waals surface area contributed by atoms with Gasteiger partial charge in [-0.1, -0.05) is 17.7 Å². The fraction of sp³-hybridized carbons (Fsp3) is 0.150. The van der Waals surface area contributed by atoms with Crippen LogP contribution in [0.3, 0.4) is 0 Å². The molecule has 3 aromatic heterocycles. The number of anilines is 1. The molecule has 0 aliphatic carbocycles. The molecule has 0 saturated heterocycles. The minimum atomic E-state index is -0.253. The number of halogens is 1. The highest BCUT2D eigenvalue weighted by Crippen LogP contribution is 2.28. The predicted octanol–water partition coefficient (Wildman–Crippen LogP) is 4.75. The van der Waals surface area contributed by atoms with Gasteiger partial charge in [-0.05, 0) is 49.7 Å². The topological polar surface area (TPSA) is 73.0 Å². The second-order valence-electron chi connectivity index (χ2n) is 6.35. The Kier molecular flexibility index (Phi) is 4.20. The molecule has 0 spiro atoms. The lowest BCUT2D eigenvalue weighted by Crippen LogP contribution is -2.14. The van der Waals surface area contributed by atoms with Crippen LogP contribution in [0.1, 0.15) is 21.6 Å². The average molecular weight is 381 g/mol. The number of nitrogens with one attached hydrogen (secondary N) is 1. The lowest BCUT2D eigenvalue weighted by atomic mass is 10.1. The van der Waals surface area contributed by atoms with Gasteiger partial charge in [-0.15, -0.1) is 0 Å². The number of fused-ring (bicyclic) bond motifs is 1. The molecule has 6 nitrogen and oxygen atoms in total. The smallest absolute Gasteiger partial charge is 0.256 e. The molecule has 0 aliphatic rings. The number of aryl methyl sites for hydroxylation is 3. The molecule has 0 aliphatic heterocycles. The van der Waals surface area contributed by atoms with E-state index < -0.39 is 0 Å². The van der Waals surface area contributed by atoms with Crippen molar-refractivity contribution in [2.45, 2.75) is 13.8 Å². The van der Waals surface area contributed by atoms with Gasteiger partial charge >= 0.3 is 0 Å². The minimum absolute atomic E-state index is 0.253. The van der Waals surface area contributed by atoms with Crippen LogP contribution < -0.4 is 5.32 Å². The third-order valence-corrected chi connectivity index (χ3v) is 4.67. The number of hydrogen-bond acceptors (Lipinski definition) is 4. The van der Waals surface area contributed by atoms with Gasteiger partial charge in [0, 0.05) is 17.8 Å². The summed E-state index contributed by atoms with van der Waals surface area (Å²) in [5, 5.41) is 8.64. The van der Waals surface area contributed by atoms with Crippen molar-refractivity contribution in [3.05, 3.63) is 64.5 Å². The molecule has 0 atom stereocenters. The fourth-order valence-corrected chi connectivity index (χ4v) is 3.27. The first-order chi connectivity index (χ1) is 12.9. The van der Waals surface area contributed by atoms with E-state index in [0.29, 0.717) is 38.8 Å². The van der Waals surface area contributed by atoms with E-state index in [1.165, 1.54) is 0 Å². The van der Waals surface area contributed by atoms with Crippen LogP contribution in [0.5, 0.6) is 0 Å². The number of carbonyl (C=O) groups is 1. The first-order valence-corrected chi connectivity index (χ1v) is 8.77. The van der Waals surface area contributed by atoms with Gasteiger partial charge in [0.1, 0.15) is 5.69 Å². The van der Waals surface area contributed by atoms with Crippen LogP contribution in [0, 0.1) is 13.8 Å². The average Bonchev–Trinajstić information content (AvgIpc) is 3.26. The Bertz CT molecular complexity index is 1160. The van der Waals surface area contributed by atoms with E-state index in [1.54, 1.807) is 48.3 Å². The lowest BCUT2D eigenvalue weighted by Gasteiger charge is -2.11. The maximum absolute atomic E-state index is 13.1. The highest BCUT2D eigenvalue weighted by molar-refractivity contribution is 6.31. The molecule has 0 radical (unpaired) electrons. The Morgan fingerprint density at radius 1 is 1.22 bits per heavy atom. The van der Waals surface area contributed by atoms with Gasteiger partial charge in [-0.2, -0.15) is 5.10 Å². The summed E-state index contributed by atoms with van der Waals surface area (Å²) in [4.78, 5) is 17.8. The molecule has 4 aromatic rings. The largest absolute Gasteiger partial charge is 0.463 e. The van der Waals surface area contributed by atoms with Crippen molar-refractivity contribution < 1.29 is 9.21 Å². The summed E-state index contributed by atoms with van der Waals surface area (Å²) in [6.45, 7) is 3.77. The van der Waals surface area contributed by atoms with E-state index in [-0.39, 0.29) is 5.91 Å². The molecule has 0 saturated carbocycles. The number of aromatic nitrogens is 3. The van der Waals surface area contributed by atoms with E-state index in [2.05, 4.69) is 15.4 Å². The summed E-state index contributed by atoms with van der Waals surface area (Å²) in [5.74, 6) is 0.334. The SMILES string of the molecule is Cc1ccc(Cl)cc1NC(=O)c1cc(-c2ccco2)nc2c1c(C)nn2C. The second kappa shape index (κ2) is 6.55. The van der Waals surface area contributed by atoms with Crippen molar-refractivity contribution in [1.29, 1.82) is 0 Å². The number of nitrogens with zero attached hydrogens (tertiary/aromatic N) is 3. The molecule has 136 valence electrons. The quantitative estimate of drug-likeness (QED) is 0.556. The summed E-state index contributed by atoms with van der Waals surface area (Å²) >= 11 is 6.08. The van der Waals surface area contributed by atoms with Gasteiger partial charge in [-0.25, -0.2) is 4.98 Å². The predicted molar refractivity (Wildman–Crippen MR) is 105 cm³/mol. The van der Waals surface area contributed by atoms with Crippen molar-refractivity contribution in [2.75, 3.05) is 5.32 Å². The number of furan rings is 1. The maximum Gasteiger partial charge on any atom is 0.256 e. The third kappa shape index (κ3) is 3.08. The molecule has 3 heterocycles. The molecule has 0 unspecified atom stereocenters. The number of hydrogen-bond donors (Lipinski definition) is 1. The first-order valence-electron chi connectivity index (χ1n) is 8.40. The molecule has 7 heteroatoms. The molecule has 27 heavy (non-hydrogen) atoms. The first kappa shape index (κ1) is 17.3. The molecule has 0 fully saturated rings. The van der Waals surface area contributed by atoms with Crippen molar-refractivity contribution in [1.82, 2.24) is 14.8 Å². The van der Waals surface area contributed by atoms with Crippen molar-refractivity contribution in [3.63, 3.8) is 0 Å². The minimum Gasteiger partial charge on any atom is -0.463 e. The Morgan fingerprint density at radius 3 is 2.78 bits per heavy atom. The van der Waals surface area contributed by atoms with E-state index in [9.17, 15) is 4.79 Å². The Balaban J connectivity index is 1.86. The van der Waals surface area contributed by atoms with Crippen molar-refractivity contribution in [2.24, 2.45) is 7.05 Å². The van der Waals surface area contributed by atoms with Crippen LogP contribution in [0.4, 0.5) is 5.69 Å². The molecule has 1 aromatic carbocycles. The van der Waals surface area contributed by atoms with Gasteiger partial charge in [-0.3, -0.25) is 9.48 Å². The van der Waals surface area contributed by atoms with Crippen molar-refractivity contribution >= 4 is 34.2 Å². The highest BCUT2D eigenvalue weighted by atomic mass is 35.5. The lowest BCUT2D eigenvalue weighted by molar-refractivity contribution is 0.102. The molecule has 1 amide bonds. The second-order valence-corrected chi connectivity index (χ2v) is 6.79. The number of benzene rings is 1. The van der Waals surface area contributed by atoms with Crippen LogP contribution in [0.2, 0.25) is 5.02 Å². The van der Waals surface area contributed by atoms with Crippen LogP contribution in [-0.4, -0.2) is 20.7 Å². The molecular formula is C20H17ClN4O2. The zero-order chi connectivity index (χ0) is 19.1. The van der Waals surface area contributed by atoms with E-state index in [4.69, 9.17) is 16.0 Å². The Labute approximate surface area is 160 Å². The zero-order valence-electron chi connectivity index (χ0n) is 15.1. The molecule has 1 N–H and O–H groups in total. The zero-order valence-corrected chi connectivity index (χ0v) is 15.8. The van der Waals surface area contributed by atoms with Crippen LogP contribution in [0.15, 0.2) is 47.1 Å². The molecular weight excluding hydrogens is 364 g/mol. The fourth-order valence-electron chi connectivity index (χ4n) is 3.09. The number of amides is 1. The molecule has 4 rings (SSSR count). The number of pyridine rings is 1. The van der Waals surface area contributed by atoms with Gasteiger partial charge in [0.2, 0.25) is 0 Å². The summed E-state index contributed by atoms with van der Waals surface area (Å²) < 4.78 is 7.13. The maximum atomic E-state index is 13.1. The highest BCUT2D eigenvalue weighted by Gasteiger charge is 2.20. The summed E-state index contributed by atoms with van der Waals surface area (Å²) in [6, 6.07) is 10.7. The standard InChI is InChI=1S/C20H17ClN4O2/c1-11-6-7-13(21)9-15(11)23-20(26)14-10-16(17-5-4-8-27-17)22-19-18(14)12(2)24-25(19)3/h4-10H,1-3H3,(H,23,26). The summed E-state index contributed by atoms with van der Waals surface area (Å²) in [7, 11) is 1.80. The number of carbonyl (C=O) groups excluding carboxylic acids is 1. The molecule has 0 bridgehead atoms. The normalized spacial score (nSPS) is 11.1. The summed E-state index contributed by atoms with van der Waals surface area (Å²) in [6.07, 6.45) is 1.57. The summed E-state index contributed by atoms with van der Waals surface area (Å²) in [5.41, 5.74) is 4.00. The van der Waals surface area contributed by atoms with Crippen LogP contribution >= 0.6 is 11.6 Å². The van der Waals surface area contributed by atoms with Gasteiger partial charge in [0.05, 0.1) is 22.9 Å². The van der Waals surface area contributed by atoms with Gasteiger partial charge in [0.15, 0.2) is 11.4 Å². The van der Waals surface area contributed by atoms with E-state index >= 15 is 0 Å². The van der Waals surface area contributed by atoms with Crippen molar-refractivity contribution in [3.8, 4) is 11.5 Å². The van der Waals surface area contributed by atoms with Gasteiger partial charge in [0.25, 0.3) is 5.91 Å².